The Morgan fingerprint density at radius 1 is 1.08 bits per heavy atom. The highest BCUT2D eigenvalue weighted by Gasteiger charge is 2.33. The molecule has 1 aromatic carbocycles. The number of carbonyl (C=O) groups excluding carboxylic acids is 2. The molecule has 5 heteroatoms. The van der Waals surface area contributed by atoms with Gasteiger partial charge in [0.05, 0.1) is 0 Å². The van der Waals surface area contributed by atoms with E-state index < -0.39 is 6.10 Å². The van der Waals surface area contributed by atoms with Crippen molar-refractivity contribution in [2.24, 2.45) is 5.92 Å². The summed E-state index contributed by atoms with van der Waals surface area (Å²) in [6.45, 7) is 7.41. The van der Waals surface area contributed by atoms with Crippen LogP contribution in [-0.4, -0.2) is 41.9 Å². The number of piperidine rings is 1. The van der Waals surface area contributed by atoms with E-state index in [9.17, 15) is 9.59 Å². The second-order valence-corrected chi connectivity index (χ2v) is 7.84. The molecule has 1 saturated heterocycles. The summed E-state index contributed by atoms with van der Waals surface area (Å²) < 4.78 is 5.99. The van der Waals surface area contributed by atoms with Crippen LogP contribution in [-0.2, 0) is 9.59 Å². The Morgan fingerprint density at radius 3 is 2.35 bits per heavy atom. The Balaban J connectivity index is 1.51. The highest BCUT2D eigenvalue weighted by Crippen LogP contribution is 2.29. The molecule has 1 N–H and O–H groups in total. The lowest BCUT2D eigenvalue weighted by atomic mass is 10.0. The van der Waals surface area contributed by atoms with Crippen molar-refractivity contribution < 1.29 is 14.3 Å². The number of amides is 2. The highest BCUT2D eigenvalue weighted by molar-refractivity contribution is 5.82. The van der Waals surface area contributed by atoms with Crippen LogP contribution < -0.4 is 10.1 Å². The number of carbonyl (C=O) groups is 2. The maximum atomic E-state index is 12.7. The average molecular weight is 358 g/mol. The number of benzene rings is 1. The lowest BCUT2D eigenvalue weighted by molar-refractivity contribution is -0.139. The monoisotopic (exact) mass is 358 g/mol. The summed E-state index contributed by atoms with van der Waals surface area (Å²) >= 11 is 0. The van der Waals surface area contributed by atoms with Gasteiger partial charge in [-0.2, -0.15) is 0 Å². The summed E-state index contributed by atoms with van der Waals surface area (Å²) in [5.41, 5.74) is 1.12. The molecule has 1 aliphatic heterocycles. The quantitative estimate of drug-likeness (QED) is 0.850. The predicted molar refractivity (Wildman–Crippen MR) is 101 cm³/mol. The van der Waals surface area contributed by atoms with Crippen LogP contribution in [0.3, 0.4) is 0 Å². The molecule has 2 aliphatic rings. The summed E-state index contributed by atoms with van der Waals surface area (Å²) in [6.07, 6.45) is 3.18. The van der Waals surface area contributed by atoms with Crippen molar-refractivity contribution in [2.75, 3.05) is 13.1 Å². The lowest BCUT2D eigenvalue weighted by Gasteiger charge is -2.34. The average Bonchev–Trinajstić information content (AvgIpc) is 3.47. The molecule has 26 heavy (non-hydrogen) atoms. The second kappa shape index (κ2) is 8.11. The number of hydrogen-bond donors (Lipinski definition) is 1. The first-order chi connectivity index (χ1) is 12.5. The van der Waals surface area contributed by atoms with Gasteiger partial charge in [0.1, 0.15) is 5.75 Å². The maximum absolute atomic E-state index is 12.7. The first-order valence-electron chi connectivity index (χ1n) is 9.80. The van der Waals surface area contributed by atoms with Crippen molar-refractivity contribution in [1.82, 2.24) is 10.2 Å². The summed E-state index contributed by atoms with van der Waals surface area (Å²) in [5.74, 6) is 1.59. The van der Waals surface area contributed by atoms with Gasteiger partial charge in [0.2, 0.25) is 5.91 Å². The molecule has 142 valence electrons. The van der Waals surface area contributed by atoms with Crippen LogP contribution in [0.1, 0.15) is 57.9 Å². The first kappa shape index (κ1) is 18.7. The van der Waals surface area contributed by atoms with Gasteiger partial charge >= 0.3 is 0 Å². The van der Waals surface area contributed by atoms with Crippen molar-refractivity contribution in [1.29, 1.82) is 0 Å². The zero-order valence-corrected chi connectivity index (χ0v) is 16.0. The minimum atomic E-state index is -0.507. The van der Waals surface area contributed by atoms with Gasteiger partial charge < -0.3 is 15.0 Å². The van der Waals surface area contributed by atoms with E-state index in [4.69, 9.17) is 4.74 Å². The number of nitrogens with one attached hydrogen (secondary N) is 1. The standard InChI is InChI=1S/C21H30N2O3/c1-14(2)18-6-4-5-7-19(18)26-15(3)21(25)23-12-10-17(11-13-23)22-20(24)16-8-9-16/h4-7,14-17H,8-13H2,1-3H3,(H,22,24). The number of ether oxygens (including phenoxy) is 1. The molecule has 2 amide bonds. The fourth-order valence-corrected chi connectivity index (χ4v) is 3.47. The van der Waals surface area contributed by atoms with Gasteiger partial charge in [-0.15, -0.1) is 0 Å². The third-order valence-electron chi connectivity index (χ3n) is 5.29. The Labute approximate surface area is 156 Å². The Bertz CT molecular complexity index is 646. The molecule has 1 aliphatic carbocycles. The van der Waals surface area contributed by atoms with Crippen molar-refractivity contribution >= 4 is 11.8 Å². The lowest BCUT2D eigenvalue weighted by Crippen LogP contribution is -2.49. The van der Waals surface area contributed by atoms with Crippen LogP contribution in [0.5, 0.6) is 5.75 Å². The van der Waals surface area contributed by atoms with Gasteiger partial charge in [0.25, 0.3) is 5.91 Å². The van der Waals surface area contributed by atoms with Crippen LogP contribution in [0.2, 0.25) is 0 Å². The molecule has 0 bridgehead atoms. The largest absolute Gasteiger partial charge is 0.481 e. The Morgan fingerprint density at radius 2 is 1.73 bits per heavy atom. The molecule has 0 aromatic heterocycles. The smallest absolute Gasteiger partial charge is 0.263 e. The molecular weight excluding hydrogens is 328 g/mol. The van der Waals surface area contributed by atoms with Crippen molar-refractivity contribution in [3.8, 4) is 5.75 Å². The molecule has 1 atom stereocenters. The van der Waals surface area contributed by atoms with E-state index in [1.54, 1.807) is 0 Å². The van der Waals surface area contributed by atoms with Crippen LogP contribution in [0.4, 0.5) is 0 Å². The summed E-state index contributed by atoms with van der Waals surface area (Å²) in [5, 5.41) is 3.12. The third kappa shape index (κ3) is 4.57. The SMILES string of the molecule is CC(Oc1ccccc1C(C)C)C(=O)N1CCC(NC(=O)C2CC2)CC1. The zero-order valence-electron chi connectivity index (χ0n) is 16.0. The molecule has 1 aromatic rings. The maximum Gasteiger partial charge on any atom is 0.263 e. The number of hydrogen-bond acceptors (Lipinski definition) is 3. The molecule has 3 rings (SSSR count). The summed E-state index contributed by atoms with van der Waals surface area (Å²) in [4.78, 5) is 26.5. The van der Waals surface area contributed by atoms with Crippen molar-refractivity contribution in [3.63, 3.8) is 0 Å². The molecule has 0 radical (unpaired) electrons. The van der Waals surface area contributed by atoms with Gasteiger partial charge in [-0.1, -0.05) is 32.0 Å². The minimum absolute atomic E-state index is 0.0236. The zero-order chi connectivity index (χ0) is 18.7. The molecule has 2 fully saturated rings. The highest BCUT2D eigenvalue weighted by atomic mass is 16.5. The van der Waals surface area contributed by atoms with E-state index in [1.165, 1.54) is 0 Å². The van der Waals surface area contributed by atoms with Crippen LogP contribution in [0.15, 0.2) is 24.3 Å². The predicted octanol–water partition coefficient (Wildman–Crippen LogP) is 3.09. The normalized spacial score (nSPS) is 19.3. The fraction of sp³-hybridized carbons (Fsp3) is 0.619. The molecule has 1 heterocycles. The van der Waals surface area contributed by atoms with E-state index in [2.05, 4.69) is 19.2 Å². The van der Waals surface area contributed by atoms with Crippen LogP contribution in [0.25, 0.3) is 0 Å². The Kier molecular flexibility index (Phi) is 5.84. The Hall–Kier alpha value is -2.04. The van der Waals surface area contributed by atoms with Crippen molar-refractivity contribution in [3.05, 3.63) is 29.8 Å². The van der Waals surface area contributed by atoms with E-state index >= 15 is 0 Å². The van der Waals surface area contributed by atoms with Gasteiger partial charge in [0.15, 0.2) is 6.10 Å². The van der Waals surface area contributed by atoms with E-state index in [1.807, 2.05) is 36.1 Å². The number of nitrogens with zero attached hydrogens (tertiary/aromatic N) is 1. The number of likely N-dealkylation sites (tertiary alicyclic amines) is 1. The molecule has 1 saturated carbocycles. The number of rotatable bonds is 6. The summed E-state index contributed by atoms with van der Waals surface area (Å²) in [6, 6.07) is 8.11. The van der Waals surface area contributed by atoms with E-state index in [0.717, 1.165) is 37.0 Å². The molecule has 0 spiro atoms. The second-order valence-electron chi connectivity index (χ2n) is 7.84. The van der Waals surface area contributed by atoms with Gasteiger partial charge in [-0.25, -0.2) is 0 Å². The minimum Gasteiger partial charge on any atom is -0.481 e. The molecular formula is C21H30N2O3. The van der Waals surface area contributed by atoms with Crippen molar-refractivity contribution in [2.45, 2.75) is 64.5 Å². The topological polar surface area (TPSA) is 58.6 Å². The molecule has 1 unspecified atom stereocenters. The van der Waals surface area contributed by atoms with Gasteiger partial charge in [0, 0.05) is 25.0 Å². The van der Waals surface area contributed by atoms with Gasteiger partial charge in [-0.3, -0.25) is 9.59 Å². The van der Waals surface area contributed by atoms with Gasteiger partial charge in [-0.05, 0) is 50.2 Å². The van der Waals surface area contributed by atoms with Crippen LogP contribution >= 0.6 is 0 Å². The van der Waals surface area contributed by atoms with E-state index in [0.29, 0.717) is 19.0 Å². The fourth-order valence-electron chi connectivity index (χ4n) is 3.47. The molecule has 5 nitrogen and oxygen atoms in total. The third-order valence-corrected chi connectivity index (χ3v) is 5.29. The van der Waals surface area contributed by atoms with Crippen LogP contribution in [0, 0.1) is 5.92 Å². The first-order valence-corrected chi connectivity index (χ1v) is 9.80. The van der Waals surface area contributed by atoms with E-state index in [-0.39, 0.29) is 23.8 Å². The number of para-hydroxylation sites is 1. The summed E-state index contributed by atoms with van der Waals surface area (Å²) in [7, 11) is 0.